The summed E-state index contributed by atoms with van der Waals surface area (Å²) in [4.78, 5) is 4.26. The van der Waals surface area contributed by atoms with Gasteiger partial charge in [0.25, 0.3) is 0 Å². The Balaban J connectivity index is 2.53. The molecule has 0 saturated carbocycles. The normalized spacial score (nSPS) is 12.7. The lowest BCUT2D eigenvalue weighted by Crippen LogP contribution is -2.22. The third-order valence-electron chi connectivity index (χ3n) is 2.69. The molecule has 2 aromatic rings. The van der Waals surface area contributed by atoms with Crippen LogP contribution in [0.4, 0.5) is 4.39 Å². The van der Waals surface area contributed by atoms with Gasteiger partial charge < -0.3 is 9.88 Å². The Kier molecular flexibility index (Phi) is 3.59. The van der Waals surface area contributed by atoms with Crippen LogP contribution < -0.4 is 5.32 Å². The summed E-state index contributed by atoms with van der Waals surface area (Å²) in [6.45, 7) is 0. The maximum atomic E-state index is 13.9. The smallest absolute Gasteiger partial charge is 0.130 e. The van der Waals surface area contributed by atoms with E-state index in [0.29, 0.717) is 5.56 Å². The summed E-state index contributed by atoms with van der Waals surface area (Å²) in [6, 6.07) is 4.68. The minimum Gasteiger partial charge on any atom is -0.336 e. The monoisotopic (exact) mass is 297 g/mol. The minimum absolute atomic E-state index is 0.248. The van der Waals surface area contributed by atoms with E-state index in [1.165, 1.54) is 6.07 Å². The first-order chi connectivity index (χ1) is 8.15. The largest absolute Gasteiger partial charge is 0.336 e. The van der Waals surface area contributed by atoms with E-state index in [2.05, 4.69) is 26.2 Å². The zero-order chi connectivity index (χ0) is 12.4. The minimum atomic E-state index is -0.273. The van der Waals surface area contributed by atoms with Gasteiger partial charge in [-0.3, -0.25) is 0 Å². The molecule has 90 valence electrons. The quantitative estimate of drug-likeness (QED) is 0.944. The zero-order valence-electron chi connectivity index (χ0n) is 9.61. The fourth-order valence-electron chi connectivity index (χ4n) is 1.84. The second-order valence-corrected chi connectivity index (χ2v) is 4.61. The Labute approximate surface area is 108 Å². The van der Waals surface area contributed by atoms with Crippen LogP contribution in [0.1, 0.15) is 17.4 Å². The molecule has 5 heteroatoms. The molecule has 1 unspecified atom stereocenters. The molecule has 0 radical (unpaired) electrons. The maximum Gasteiger partial charge on any atom is 0.130 e. The molecule has 3 nitrogen and oxygen atoms in total. The van der Waals surface area contributed by atoms with Crippen molar-refractivity contribution in [1.29, 1.82) is 0 Å². The van der Waals surface area contributed by atoms with Gasteiger partial charge in [0.2, 0.25) is 0 Å². The van der Waals surface area contributed by atoms with Crippen molar-refractivity contribution in [1.82, 2.24) is 14.9 Å². The molecular weight excluding hydrogens is 285 g/mol. The average molecular weight is 298 g/mol. The summed E-state index contributed by atoms with van der Waals surface area (Å²) >= 11 is 3.38. The number of aromatic nitrogens is 2. The van der Waals surface area contributed by atoms with E-state index in [1.54, 1.807) is 19.3 Å². The van der Waals surface area contributed by atoms with Crippen molar-refractivity contribution < 1.29 is 4.39 Å². The van der Waals surface area contributed by atoms with Gasteiger partial charge in [0.15, 0.2) is 0 Å². The topological polar surface area (TPSA) is 29.9 Å². The molecule has 1 atom stereocenters. The van der Waals surface area contributed by atoms with Crippen LogP contribution in [0.25, 0.3) is 0 Å². The second kappa shape index (κ2) is 4.98. The van der Waals surface area contributed by atoms with Crippen LogP contribution in [0.15, 0.2) is 35.1 Å². The fourth-order valence-corrected chi connectivity index (χ4v) is 2.42. The number of halogens is 2. The lowest BCUT2D eigenvalue weighted by Gasteiger charge is -2.18. The highest BCUT2D eigenvalue weighted by atomic mass is 79.9. The number of imidazole rings is 1. The van der Waals surface area contributed by atoms with Gasteiger partial charge in [-0.2, -0.15) is 0 Å². The molecular formula is C12H13BrFN3. The molecule has 17 heavy (non-hydrogen) atoms. The van der Waals surface area contributed by atoms with Gasteiger partial charge >= 0.3 is 0 Å². The summed E-state index contributed by atoms with van der Waals surface area (Å²) in [7, 11) is 3.68. The Morgan fingerprint density at radius 1 is 1.47 bits per heavy atom. The highest BCUT2D eigenvalue weighted by Crippen LogP contribution is 2.29. The third-order valence-corrected chi connectivity index (χ3v) is 3.39. The lowest BCUT2D eigenvalue weighted by molar-refractivity contribution is 0.550. The molecule has 2 rings (SSSR count). The molecule has 0 fully saturated rings. The van der Waals surface area contributed by atoms with Gasteiger partial charge in [-0.05, 0) is 19.2 Å². The van der Waals surface area contributed by atoms with Gasteiger partial charge in [-0.25, -0.2) is 9.37 Å². The number of rotatable bonds is 3. The molecule has 1 aromatic heterocycles. The standard InChI is InChI=1S/C12H13BrFN3/c1-15-11(12-16-6-7-17(12)2)10-8(13)4-3-5-9(10)14/h3-7,11,15H,1-2H3. The summed E-state index contributed by atoms with van der Waals surface area (Å²) in [5.74, 6) is 0.528. The van der Waals surface area contributed by atoms with E-state index in [4.69, 9.17) is 0 Å². The first-order valence-electron chi connectivity index (χ1n) is 5.23. The third kappa shape index (κ3) is 2.25. The van der Waals surface area contributed by atoms with Crippen LogP contribution in [0.3, 0.4) is 0 Å². The molecule has 0 aliphatic rings. The van der Waals surface area contributed by atoms with E-state index >= 15 is 0 Å². The molecule has 0 amide bonds. The van der Waals surface area contributed by atoms with Crippen LogP contribution in [0, 0.1) is 5.82 Å². The molecule has 1 heterocycles. The van der Waals surface area contributed by atoms with Crippen molar-refractivity contribution in [3.63, 3.8) is 0 Å². The van der Waals surface area contributed by atoms with Gasteiger partial charge in [-0.1, -0.05) is 22.0 Å². The Hall–Kier alpha value is -1.20. The molecule has 0 bridgehead atoms. The summed E-state index contributed by atoms with van der Waals surface area (Å²) in [5.41, 5.74) is 0.573. The van der Waals surface area contributed by atoms with E-state index in [-0.39, 0.29) is 11.9 Å². The SMILES string of the molecule is CNC(c1c(F)cccc1Br)c1nccn1C. The summed E-state index contributed by atoms with van der Waals surface area (Å²) in [6.07, 6.45) is 3.54. The molecule has 0 saturated heterocycles. The number of hydrogen-bond donors (Lipinski definition) is 1. The number of aryl methyl sites for hydroxylation is 1. The molecule has 0 spiro atoms. The van der Waals surface area contributed by atoms with Crippen molar-refractivity contribution in [2.75, 3.05) is 7.05 Å². The first-order valence-corrected chi connectivity index (χ1v) is 6.03. The maximum absolute atomic E-state index is 13.9. The van der Waals surface area contributed by atoms with Crippen LogP contribution in [0.5, 0.6) is 0 Å². The van der Waals surface area contributed by atoms with Crippen molar-refractivity contribution >= 4 is 15.9 Å². The average Bonchev–Trinajstić information content (AvgIpc) is 2.70. The van der Waals surface area contributed by atoms with Crippen LogP contribution >= 0.6 is 15.9 Å². The fraction of sp³-hybridized carbons (Fsp3) is 0.250. The van der Waals surface area contributed by atoms with Gasteiger partial charge in [0.05, 0.1) is 6.04 Å². The van der Waals surface area contributed by atoms with Gasteiger partial charge in [0, 0.05) is 29.5 Å². The van der Waals surface area contributed by atoms with E-state index < -0.39 is 0 Å². The van der Waals surface area contributed by atoms with Crippen LogP contribution in [-0.4, -0.2) is 16.6 Å². The highest BCUT2D eigenvalue weighted by Gasteiger charge is 2.22. The Morgan fingerprint density at radius 2 is 2.24 bits per heavy atom. The number of benzene rings is 1. The molecule has 1 N–H and O–H groups in total. The van der Waals surface area contributed by atoms with E-state index in [0.717, 1.165) is 10.3 Å². The van der Waals surface area contributed by atoms with Gasteiger partial charge in [0.1, 0.15) is 11.6 Å². The van der Waals surface area contributed by atoms with Crippen molar-refractivity contribution in [3.05, 3.63) is 52.3 Å². The van der Waals surface area contributed by atoms with Crippen molar-refractivity contribution in [3.8, 4) is 0 Å². The summed E-state index contributed by atoms with van der Waals surface area (Å²) < 4.78 is 16.5. The van der Waals surface area contributed by atoms with Crippen molar-refractivity contribution in [2.24, 2.45) is 7.05 Å². The second-order valence-electron chi connectivity index (χ2n) is 3.75. The van der Waals surface area contributed by atoms with E-state index in [9.17, 15) is 4.39 Å². The summed E-state index contributed by atoms with van der Waals surface area (Å²) in [5, 5.41) is 3.09. The number of hydrogen-bond acceptors (Lipinski definition) is 2. The van der Waals surface area contributed by atoms with Crippen LogP contribution in [-0.2, 0) is 7.05 Å². The lowest BCUT2D eigenvalue weighted by atomic mass is 10.1. The van der Waals surface area contributed by atoms with Gasteiger partial charge in [-0.15, -0.1) is 0 Å². The zero-order valence-corrected chi connectivity index (χ0v) is 11.2. The Bertz CT molecular complexity index is 504. The molecule has 1 aromatic carbocycles. The first kappa shape index (κ1) is 12.3. The predicted octanol–water partition coefficient (Wildman–Crippen LogP) is 2.63. The molecule has 0 aliphatic carbocycles. The predicted molar refractivity (Wildman–Crippen MR) is 68.2 cm³/mol. The van der Waals surface area contributed by atoms with E-state index in [1.807, 2.05) is 23.9 Å². The number of nitrogens with zero attached hydrogens (tertiary/aromatic N) is 2. The highest BCUT2D eigenvalue weighted by molar-refractivity contribution is 9.10. The Morgan fingerprint density at radius 3 is 2.76 bits per heavy atom. The number of nitrogens with one attached hydrogen (secondary N) is 1. The van der Waals surface area contributed by atoms with Crippen LogP contribution in [0.2, 0.25) is 0 Å². The molecule has 0 aliphatic heterocycles. The van der Waals surface area contributed by atoms with Crippen molar-refractivity contribution in [2.45, 2.75) is 6.04 Å².